The van der Waals surface area contributed by atoms with E-state index in [-0.39, 0.29) is 33.6 Å². The molecule has 23 heavy (non-hydrogen) atoms. The molecule has 5 nitrogen and oxygen atoms in total. The number of rotatable bonds is 6. The van der Waals surface area contributed by atoms with Gasteiger partial charge in [0, 0.05) is 16.6 Å². The predicted octanol–water partition coefficient (Wildman–Crippen LogP) is 3.66. The maximum Gasteiger partial charge on any atom is 0.305 e. The summed E-state index contributed by atoms with van der Waals surface area (Å²) >= 11 is 11.9. The topological polar surface area (TPSA) is 74.7 Å². The van der Waals surface area contributed by atoms with Crippen molar-refractivity contribution in [1.29, 1.82) is 0 Å². The summed E-state index contributed by atoms with van der Waals surface area (Å²) in [5.41, 5.74) is 0.215. The second kappa shape index (κ2) is 7.21. The largest absolute Gasteiger partial charge is 0.481 e. The minimum absolute atomic E-state index is 0.0569. The van der Waals surface area contributed by atoms with Crippen molar-refractivity contribution >= 4 is 44.9 Å². The molecule has 0 aliphatic carbocycles. The molecule has 2 rings (SSSR count). The molecule has 0 amide bonds. The van der Waals surface area contributed by atoms with Crippen molar-refractivity contribution in [1.82, 2.24) is 0 Å². The van der Waals surface area contributed by atoms with Gasteiger partial charge in [0.15, 0.2) is 0 Å². The van der Waals surface area contributed by atoms with Gasteiger partial charge in [-0.05, 0) is 30.3 Å². The molecule has 2 aromatic carbocycles. The standard InChI is InChI=1S/C15H13Cl2NO4S/c16-11-8-12(17)10-13(9-11)18(7-6-15(19)20)23(21,22)14-4-2-1-3-5-14/h1-5,8-10H,6-7H2,(H,19,20). The summed E-state index contributed by atoms with van der Waals surface area (Å²) in [6.45, 7) is -0.233. The van der Waals surface area contributed by atoms with E-state index in [4.69, 9.17) is 28.3 Å². The van der Waals surface area contributed by atoms with Gasteiger partial charge in [0.2, 0.25) is 0 Å². The lowest BCUT2D eigenvalue weighted by atomic mass is 10.3. The summed E-state index contributed by atoms with van der Waals surface area (Å²) in [7, 11) is -3.93. The minimum atomic E-state index is -3.93. The van der Waals surface area contributed by atoms with Gasteiger partial charge >= 0.3 is 5.97 Å². The highest BCUT2D eigenvalue weighted by Gasteiger charge is 2.25. The number of hydrogen-bond acceptors (Lipinski definition) is 3. The van der Waals surface area contributed by atoms with Gasteiger partial charge in [-0.1, -0.05) is 41.4 Å². The molecule has 0 aromatic heterocycles. The van der Waals surface area contributed by atoms with Crippen LogP contribution in [0.3, 0.4) is 0 Å². The zero-order valence-electron chi connectivity index (χ0n) is 11.8. The monoisotopic (exact) mass is 373 g/mol. The highest BCUT2D eigenvalue weighted by atomic mass is 35.5. The number of halogens is 2. The third kappa shape index (κ3) is 4.37. The Kier molecular flexibility index (Phi) is 5.51. The number of anilines is 1. The summed E-state index contributed by atoms with van der Waals surface area (Å²) < 4.78 is 26.6. The molecule has 0 spiro atoms. The number of nitrogens with zero attached hydrogens (tertiary/aromatic N) is 1. The number of carboxylic acids is 1. The Morgan fingerprint density at radius 2 is 1.61 bits per heavy atom. The van der Waals surface area contributed by atoms with E-state index < -0.39 is 16.0 Å². The molecule has 0 saturated heterocycles. The number of hydrogen-bond donors (Lipinski definition) is 1. The molecule has 0 fully saturated rings. The van der Waals surface area contributed by atoms with E-state index in [0.717, 1.165) is 4.31 Å². The molecule has 0 atom stereocenters. The smallest absolute Gasteiger partial charge is 0.305 e. The Labute approximate surface area is 144 Å². The Balaban J connectivity index is 2.51. The van der Waals surface area contributed by atoms with Gasteiger partial charge in [-0.15, -0.1) is 0 Å². The van der Waals surface area contributed by atoms with Gasteiger partial charge in [-0.2, -0.15) is 0 Å². The van der Waals surface area contributed by atoms with Crippen LogP contribution in [-0.2, 0) is 14.8 Å². The molecular formula is C15H13Cl2NO4S. The highest BCUT2D eigenvalue weighted by molar-refractivity contribution is 7.92. The van der Waals surface area contributed by atoms with Gasteiger partial charge in [-0.3, -0.25) is 9.10 Å². The van der Waals surface area contributed by atoms with Crippen molar-refractivity contribution in [3.8, 4) is 0 Å². The summed E-state index contributed by atoms with van der Waals surface area (Å²) in [5.74, 6) is -1.11. The molecule has 122 valence electrons. The number of benzene rings is 2. The van der Waals surface area contributed by atoms with Crippen molar-refractivity contribution < 1.29 is 18.3 Å². The summed E-state index contributed by atoms with van der Waals surface area (Å²) in [4.78, 5) is 10.9. The van der Waals surface area contributed by atoms with Crippen molar-refractivity contribution in [3.05, 3.63) is 58.6 Å². The fourth-order valence-corrected chi connectivity index (χ4v) is 3.97. The number of carbonyl (C=O) groups is 1. The molecule has 0 radical (unpaired) electrons. The predicted molar refractivity (Wildman–Crippen MR) is 89.7 cm³/mol. The average Bonchev–Trinajstić information content (AvgIpc) is 2.47. The quantitative estimate of drug-likeness (QED) is 0.837. The third-order valence-electron chi connectivity index (χ3n) is 3.00. The van der Waals surface area contributed by atoms with Crippen LogP contribution in [0.1, 0.15) is 6.42 Å². The first kappa shape index (κ1) is 17.6. The lowest BCUT2D eigenvalue weighted by molar-refractivity contribution is -0.136. The maximum absolute atomic E-state index is 12.8. The van der Waals surface area contributed by atoms with Crippen molar-refractivity contribution in [2.75, 3.05) is 10.8 Å². The molecule has 0 unspecified atom stereocenters. The van der Waals surface area contributed by atoms with Crippen LogP contribution in [0.5, 0.6) is 0 Å². The first-order valence-corrected chi connectivity index (χ1v) is 8.76. The van der Waals surface area contributed by atoms with E-state index in [1.807, 2.05) is 0 Å². The van der Waals surface area contributed by atoms with Crippen molar-refractivity contribution in [3.63, 3.8) is 0 Å². The van der Waals surface area contributed by atoms with E-state index in [1.54, 1.807) is 18.2 Å². The number of carboxylic acid groups (broad SMARTS) is 1. The van der Waals surface area contributed by atoms with Gasteiger partial charge in [-0.25, -0.2) is 8.42 Å². The van der Waals surface area contributed by atoms with Gasteiger partial charge in [0.05, 0.1) is 17.0 Å². The van der Waals surface area contributed by atoms with E-state index in [9.17, 15) is 13.2 Å². The Hall–Kier alpha value is -1.76. The summed E-state index contributed by atoms with van der Waals surface area (Å²) in [6.07, 6.45) is -0.351. The van der Waals surface area contributed by atoms with E-state index >= 15 is 0 Å². The van der Waals surface area contributed by atoms with Crippen LogP contribution in [0.25, 0.3) is 0 Å². The van der Waals surface area contributed by atoms with Crippen LogP contribution in [0.2, 0.25) is 10.0 Å². The van der Waals surface area contributed by atoms with Crippen LogP contribution in [0, 0.1) is 0 Å². The zero-order valence-corrected chi connectivity index (χ0v) is 14.1. The van der Waals surface area contributed by atoms with Crippen LogP contribution in [0.4, 0.5) is 5.69 Å². The maximum atomic E-state index is 12.8. The van der Waals surface area contributed by atoms with Crippen molar-refractivity contribution in [2.24, 2.45) is 0 Å². The van der Waals surface area contributed by atoms with E-state index in [0.29, 0.717) is 0 Å². The van der Waals surface area contributed by atoms with Gasteiger partial charge < -0.3 is 5.11 Å². The SMILES string of the molecule is O=C(O)CCN(c1cc(Cl)cc(Cl)c1)S(=O)(=O)c1ccccc1. The summed E-state index contributed by atoms with van der Waals surface area (Å²) in [6, 6.07) is 12.1. The molecular weight excluding hydrogens is 361 g/mol. The fraction of sp³-hybridized carbons (Fsp3) is 0.133. The minimum Gasteiger partial charge on any atom is -0.481 e. The second-order valence-electron chi connectivity index (χ2n) is 4.66. The van der Waals surface area contributed by atoms with Crippen LogP contribution < -0.4 is 4.31 Å². The van der Waals surface area contributed by atoms with Crippen LogP contribution >= 0.6 is 23.2 Å². The van der Waals surface area contributed by atoms with Crippen LogP contribution in [0.15, 0.2) is 53.4 Å². The summed E-state index contributed by atoms with van der Waals surface area (Å²) in [5, 5.41) is 9.40. The Bertz CT molecular complexity index is 789. The second-order valence-corrected chi connectivity index (χ2v) is 7.40. The molecule has 8 heteroatoms. The molecule has 0 bridgehead atoms. The molecule has 0 aliphatic heterocycles. The fourth-order valence-electron chi connectivity index (χ4n) is 1.99. The normalized spacial score (nSPS) is 11.2. The van der Waals surface area contributed by atoms with E-state index in [2.05, 4.69) is 0 Å². The van der Waals surface area contributed by atoms with Crippen molar-refractivity contribution in [2.45, 2.75) is 11.3 Å². The number of sulfonamides is 1. The number of aliphatic carboxylic acids is 1. The Morgan fingerprint density at radius 3 is 2.13 bits per heavy atom. The molecule has 1 N–H and O–H groups in total. The zero-order chi connectivity index (χ0) is 17.0. The molecule has 0 heterocycles. The molecule has 2 aromatic rings. The van der Waals surface area contributed by atoms with Gasteiger partial charge in [0.1, 0.15) is 0 Å². The Morgan fingerprint density at radius 1 is 1.04 bits per heavy atom. The van der Waals surface area contributed by atoms with Gasteiger partial charge in [0.25, 0.3) is 10.0 Å². The van der Waals surface area contributed by atoms with E-state index in [1.165, 1.54) is 30.3 Å². The first-order valence-electron chi connectivity index (χ1n) is 6.56. The van der Waals surface area contributed by atoms with Crippen LogP contribution in [-0.4, -0.2) is 26.0 Å². The highest BCUT2D eigenvalue weighted by Crippen LogP contribution is 2.29. The lowest BCUT2D eigenvalue weighted by Crippen LogP contribution is -2.33. The third-order valence-corrected chi connectivity index (χ3v) is 5.27. The average molecular weight is 374 g/mol. The first-order chi connectivity index (χ1) is 10.8. The lowest BCUT2D eigenvalue weighted by Gasteiger charge is -2.24. The molecule has 0 aliphatic rings. The molecule has 0 saturated carbocycles.